The normalized spacial score (nSPS) is 23.7. The molecule has 6 nitrogen and oxygen atoms in total. The predicted molar refractivity (Wildman–Crippen MR) is 82.5 cm³/mol. The number of ether oxygens (including phenoxy) is 1. The Hall–Kier alpha value is -1.92. The summed E-state index contributed by atoms with van der Waals surface area (Å²) in [7, 11) is 0. The SMILES string of the molecule is NC[C@H]1CC[C@@H](C(=O)NCCN2C(=O)Cc3ccccc32)O1. The number of nitrogens with one attached hydrogen (secondary N) is 1. The molecule has 1 fully saturated rings. The summed E-state index contributed by atoms with van der Waals surface area (Å²) in [4.78, 5) is 25.8. The van der Waals surface area contributed by atoms with Crippen molar-refractivity contribution in [1.29, 1.82) is 0 Å². The van der Waals surface area contributed by atoms with Crippen molar-refractivity contribution in [2.45, 2.75) is 31.5 Å². The predicted octanol–water partition coefficient (Wildman–Crippen LogP) is 0.198. The Morgan fingerprint density at radius 2 is 2.18 bits per heavy atom. The van der Waals surface area contributed by atoms with Gasteiger partial charge in [0.15, 0.2) is 0 Å². The summed E-state index contributed by atoms with van der Waals surface area (Å²) in [6.07, 6.45) is 1.55. The Morgan fingerprint density at radius 3 is 2.95 bits per heavy atom. The number of para-hydroxylation sites is 1. The first-order chi connectivity index (χ1) is 10.7. The van der Waals surface area contributed by atoms with Crippen LogP contribution in [0.3, 0.4) is 0 Å². The minimum Gasteiger partial charge on any atom is -0.364 e. The molecule has 2 aliphatic rings. The number of carbonyl (C=O) groups excluding carboxylic acids is 2. The quantitative estimate of drug-likeness (QED) is 0.814. The minimum atomic E-state index is -0.407. The molecule has 1 saturated heterocycles. The molecule has 0 aliphatic carbocycles. The molecule has 2 aliphatic heterocycles. The smallest absolute Gasteiger partial charge is 0.249 e. The van der Waals surface area contributed by atoms with Crippen molar-refractivity contribution in [2.75, 3.05) is 24.5 Å². The summed E-state index contributed by atoms with van der Waals surface area (Å²) in [6.45, 7) is 1.35. The van der Waals surface area contributed by atoms with E-state index in [2.05, 4.69) is 5.32 Å². The average Bonchev–Trinajstić information content (AvgIpc) is 3.12. The molecule has 0 spiro atoms. The van der Waals surface area contributed by atoms with Gasteiger partial charge in [0.1, 0.15) is 6.10 Å². The van der Waals surface area contributed by atoms with Crippen LogP contribution in [0.4, 0.5) is 5.69 Å². The number of nitrogens with zero attached hydrogens (tertiary/aromatic N) is 1. The van der Waals surface area contributed by atoms with Gasteiger partial charge in [0.2, 0.25) is 11.8 Å². The first-order valence-corrected chi connectivity index (χ1v) is 7.70. The van der Waals surface area contributed by atoms with Crippen LogP contribution < -0.4 is 16.0 Å². The van der Waals surface area contributed by atoms with Gasteiger partial charge in [-0.3, -0.25) is 9.59 Å². The van der Waals surface area contributed by atoms with Crippen molar-refractivity contribution >= 4 is 17.5 Å². The van der Waals surface area contributed by atoms with Crippen molar-refractivity contribution in [3.05, 3.63) is 29.8 Å². The maximum atomic E-state index is 12.0. The highest BCUT2D eigenvalue weighted by molar-refractivity contribution is 6.01. The van der Waals surface area contributed by atoms with E-state index in [-0.39, 0.29) is 17.9 Å². The van der Waals surface area contributed by atoms with Crippen molar-refractivity contribution < 1.29 is 14.3 Å². The van der Waals surface area contributed by atoms with Crippen LogP contribution in [0.5, 0.6) is 0 Å². The number of amides is 2. The van der Waals surface area contributed by atoms with Crippen LogP contribution >= 0.6 is 0 Å². The molecule has 3 rings (SSSR count). The van der Waals surface area contributed by atoms with E-state index in [1.807, 2.05) is 24.3 Å². The number of hydrogen-bond acceptors (Lipinski definition) is 4. The van der Waals surface area contributed by atoms with Crippen LogP contribution in [-0.2, 0) is 20.7 Å². The first-order valence-electron chi connectivity index (χ1n) is 7.70. The zero-order valence-corrected chi connectivity index (χ0v) is 12.5. The Kier molecular flexibility index (Phi) is 4.40. The number of hydrogen-bond donors (Lipinski definition) is 2. The zero-order valence-electron chi connectivity index (χ0n) is 12.5. The van der Waals surface area contributed by atoms with E-state index in [1.54, 1.807) is 4.90 Å². The summed E-state index contributed by atoms with van der Waals surface area (Å²) in [5.41, 5.74) is 7.53. The largest absolute Gasteiger partial charge is 0.364 e. The molecule has 0 radical (unpaired) electrons. The van der Waals surface area contributed by atoms with Gasteiger partial charge in [0.25, 0.3) is 0 Å². The van der Waals surface area contributed by atoms with Gasteiger partial charge in [-0.05, 0) is 24.5 Å². The molecule has 2 amide bonds. The van der Waals surface area contributed by atoms with E-state index in [1.165, 1.54) is 0 Å². The fourth-order valence-electron chi connectivity index (χ4n) is 3.04. The lowest BCUT2D eigenvalue weighted by molar-refractivity contribution is -0.131. The molecule has 118 valence electrons. The number of carbonyl (C=O) groups is 2. The molecular weight excluding hydrogens is 282 g/mol. The van der Waals surface area contributed by atoms with E-state index < -0.39 is 6.10 Å². The Balaban J connectivity index is 1.49. The van der Waals surface area contributed by atoms with Crippen molar-refractivity contribution in [3.63, 3.8) is 0 Å². The van der Waals surface area contributed by atoms with Gasteiger partial charge in [0.05, 0.1) is 12.5 Å². The van der Waals surface area contributed by atoms with Gasteiger partial charge in [0, 0.05) is 25.3 Å². The Morgan fingerprint density at radius 1 is 1.36 bits per heavy atom. The van der Waals surface area contributed by atoms with Crippen LogP contribution in [0.2, 0.25) is 0 Å². The molecule has 1 aromatic carbocycles. The van der Waals surface area contributed by atoms with Gasteiger partial charge in [-0.1, -0.05) is 18.2 Å². The number of nitrogens with two attached hydrogens (primary N) is 1. The molecule has 2 heterocycles. The third-order valence-corrected chi connectivity index (χ3v) is 4.22. The second-order valence-corrected chi connectivity index (χ2v) is 5.70. The molecule has 22 heavy (non-hydrogen) atoms. The molecule has 1 aromatic rings. The van der Waals surface area contributed by atoms with Crippen LogP contribution in [0.25, 0.3) is 0 Å². The standard InChI is InChI=1S/C16H21N3O3/c17-10-12-5-6-14(22-12)16(21)18-7-8-19-13-4-2-1-3-11(13)9-15(19)20/h1-4,12,14H,5-10,17H2,(H,18,21)/t12-,14+/m1/s1. The van der Waals surface area contributed by atoms with Gasteiger partial charge >= 0.3 is 0 Å². The summed E-state index contributed by atoms with van der Waals surface area (Å²) in [5, 5.41) is 2.85. The number of fused-ring (bicyclic) bond motifs is 1. The molecule has 0 bridgehead atoms. The van der Waals surface area contributed by atoms with Gasteiger partial charge < -0.3 is 20.7 Å². The Labute approximate surface area is 129 Å². The zero-order chi connectivity index (χ0) is 15.5. The van der Waals surface area contributed by atoms with E-state index in [0.717, 1.165) is 17.7 Å². The third kappa shape index (κ3) is 2.98. The maximum absolute atomic E-state index is 12.0. The molecule has 0 unspecified atom stereocenters. The first kappa shape index (κ1) is 15.0. The summed E-state index contributed by atoms with van der Waals surface area (Å²) in [6, 6.07) is 7.75. The Bertz CT molecular complexity index is 576. The van der Waals surface area contributed by atoms with Crippen LogP contribution in [0, 0.1) is 0 Å². The molecule has 2 atom stereocenters. The average molecular weight is 303 g/mol. The van der Waals surface area contributed by atoms with E-state index in [0.29, 0.717) is 32.5 Å². The lowest BCUT2D eigenvalue weighted by atomic mass is 10.2. The number of anilines is 1. The fourth-order valence-corrected chi connectivity index (χ4v) is 3.04. The van der Waals surface area contributed by atoms with Gasteiger partial charge in [-0.15, -0.1) is 0 Å². The van der Waals surface area contributed by atoms with Gasteiger partial charge in [-0.2, -0.15) is 0 Å². The highest BCUT2D eigenvalue weighted by Gasteiger charge is 2.30. The summed E-state index contributed by atoms with van der Waals surface area (Å²) < 4.78 is 5.55. The van der Waals surface area contributed by atoms with Crippen molar-refractivity contribution in [3.8, 4) is 0 Å². The summed E-state index contributed by atoms with van der Waals surface area (Å²) >= 11 is 0. The number of benzene rings is 1. The third-order valence-electron chi connectivity index (χ3n) is 4.22. The van der Waals surface area contributed by atoms with E-state index in [4.69, 9.17) is 10.5 Å². The molecule has 0 aromatic heterocycles. The number of rotatable bonds is 5. The van der Waals surface area contributed by atoms with Crippen LogP contribution in [0.15, 0.2) is 24.3 Å². The lowest BCUT2D eigenvalue weighted by Crippen LogP contribution is -2.41. The lowest BCUT2D eigenvalue weighted by Gasteiger charge is -2.18. The molecular formula is C16H21N3O3. The summed E-state index contributed by atoms with van der Waals surface area (Å²) in [5.74, 6) is -0.0355. The highest BCUT2D eigenvalue weighted by atomic mass is 16.5. The molecule has 0 saturated carbocycles. The fraction of sp³-hybridized carbons (Fsp3) is 0.500. The monoisotopic (exact) mass is 303 g/mol. The van der Waals surface area contributed by atoms with Crippen molar-refractivity contribution in [1.82, 2.24) is 5.32 Å². The van der Waals surface area contributed by atoms with Crippen LogP contribution in [-0.4, -0.2) is 43.7 Å². The van der Waals surface area contributed by atoms with Crippen molar-refractivity contribution in [2.24, 2.45) is 5.73 Å². The highest BCUT2D eigenvalue weighted by Crippen LogP contribution is 2.27. The van der Waals surface area contributed by atoms with Crippen LogP contribution in [0.1, 0.15) is 18.4 Å². The second-order valence-electron chi connectivity index (χ2n) is 5.70. The molecule has 3 N–H and O–H groups in total. The van der Waals surface area contributed by atoms with E-state index >= 15 is 0 Å². The topological polar surface area (TPSA) is 84.7 Å². The minimum absolute atomic E-state index is 0.0113. The molecule has 6 heteroatoms. The second kappa shape index (κ2) is 6.46. The van der Waals surface area contributed by atoms with E-state index in [9.17, 15) is 9.59 Å². The maximum Gasteiger partial charge on any atom is 0.249 e. The van der Waals surface area contributed by atoms with Gasteiger partial charge in [-0.25, -0.2) is 0 Å².